The normalized spacial score (nSPS) is 15.3. The van der Waals surface area contributed by atoms with E-state index in [1.165, 1.54) is 5.56 Å². The number of nitrogens with two attached hydrogens (primary N) is 1. The van der Waals surface area contributed by atoms with Crippen LogP contribution in [0.15, 0.2) is 24.3 Å². The van der Waals surface area contributed by atoms with Gasteiger partial charge >= 0.3 is 0 Å². The Hall–Kier alpha value is -0.860. The largest absolute Gasteiger partial charge is 0.393 e. The average molecular weight is 207 g/mol. The summed E-state index contributed by atoms with van der Waals surface area (Å²) in [5.41, 5.74) is 8.09. The molecule has 2 heteroatoms. The third kappa shape index (κ3) is 3.05. The van der Waals surface area contributed by atoms with Crippen molar-refractivity contribution in [3.05, 3.63) is 35.4 Å². The van der Waals surface area contributed by atoms with Crippen LogP contribution in [-0.4, -0.2) is 17.8 Å². The topological polar surface area (TPSA) is 46.2 Å². The van der Waals surface area contributed by atoms with Crippen molar-refractivity contribution in [3.63, 3.8) is 0 Å². The average Bonchev–Trinajstić information content (AvgIpc) is 2.19. The number of hydrogen-bond donors (Lipinski definition) is 2. The van der Waals surface area contributed by atoms with Crippen LogP contribution in [0.4, 0.5) is 0 Å². The molecule has 0 aliphatic heterocycles. The van der Waals surface area contributed by atoms with Gasteiger partial charge in [0.2, 0.25) is 0 Å². The first-order chi connectivity index (χ1) is 7.06. The highest BCUT2D eigenvalue weighted by Crippen LogP contribution is 2.21. The van der Waals surface area contributed by atoms with E-state index in [0.29, 0.717) is 12.5 Å². The van der Waals surface area contributed by atoms with E-state index in [1.54, 1.807) is 6.92 Å². The van der Waals surface area contributed by atoms with Gasteiger partial charge in [0.25, 0.3) is 0 Å². The van der Waals surface area contributed by atoms with Gasteiger partial charge in [-0.2, -0.15) is 0 Å². The van der Waals surface area contributed by atoms with Crippen LogP contribution in [0.25, 0.3) is 0 Å². The molecule has 1 aromatic carbocycles. The van der Waals surface area contributed by atoms with Crippen molar-refractivity contribution in [2.75, 3.05) is 6.54 Å². The quantitative estimate of drug-likeness (QED) is 0.795. The van der Waals surface area contributed by atoms with Gasteiger partial charge in [-0.3, -0.25) is 0 Å². The molecular weight excluding hydrogens is 186 g/mol. The Labute approximate surface area is 92.1 Å². The van der Waals surface area contributed by atoms with E-state index in [-0.39, 0.29) is 12.0 Å². The molecule has 2 nitrogen and oxygen atoms in total. The Morgan fingerprint density at radius 1 is 1.07 bits per heavy atom. The van der Waals surface area contributed by atoms with Crippen LogP contribution in [-0.2, 0) is 0 Å². The molecule has 0 bridgehead atoms. The van der Waals surface area contributed by atoms with Gasteiger partial charge < -0.3 is 10.8 Å². The van der Waals surface area contributed by atoms with Gasteiger partial charge in [-0.15, -0.1) is 0 Å². The molecule has 0 saturated carbocycles. The van der Waals surface area contributed by atoms with Crippen LogP contribution in [0, 0.1) is 0 Å². The molecule has 84 valence electrons. The lowest BCUT2D eigenvalue weighted by Gasteiger charge is -2.18. The summed E-state index contributed by atoms with van der Waals surface area (Å²) in [5, 5.41) is 9.56. The minimum atomic E-state index is -0.389. The maximum absolute atomic E-state index is 9.56. The van der Waals surface area contributed by atoms with Crippen molar-refractivity contribution in [1.29, 1.82) is 0 Å². The molecule has 15 heavy (non-hydrogen) atoms. The standard InChI is InChI=1S/C13H21NO/c1-9(2)11-4-6-12(7-5-11)13(8-14)10(3)15/h4-7,9-10,13,15H,8,14H2,1-3H3. The van der Waals surface area contributed by atoms with E-state index in [4.69, 9.17) is 5.73 Å². The molecule has 0 amide bonds. The Morgan fingerprint density at radius 2 is 1.53 bits per heavy atom. The summed E-state index contributed by atoms with van der Waals surface area (Å²) >= 11 is 0. The molecular formula is C13H21NO. The number of hydrogen-bond acceptors (Lipinski definition) is 2. The monoisotopic (exact) mass is 207 g/mol. The van der Waals surface area contributed by atoms with E-state index in [2.05, 4.69) is 38.1 Å². The van der Waals surface area contributed by atoms with Crippen molar-refractivity contribution in [2.24, 2.45) is 5.73 Å². The molecule has 0 aliphatic rings. The van der Waals surface area contributed by atoms with Gasteiger partial charge in [-0.05, 0) is 24.0 Å². The predicted octanol–water partition coefficient (Wildman–Crippen LogP) is 2.23. The summed E-state index contributed by atoms with van der Waals surface area (Å²) in [6, 6.07) is 8.37. The van der Waals surface area contributed by atoms with Crippen LogP contribution in [0.2, 0.25) is 0 Å². The highest BCUT2D eigenvalue weighted by molar-refractivity contribution is 5.28. The van der Waals surface area contributed by atoms with E-state index in [1.807, 2.05) is 0 Å². The number of benzene rings is 1. The molecule has 0 aliphatic carbocycles. The lowest BCUT2D eigenvalue weighted by Crippen LogP contribution is -2.23. The fourth-order valence-electron chi connectivity index (χ4n) is 1.74. The molecule has 3 N–H and O–H groups in total. The highest BCUT2D eigenvalue weighted by Gasteiger charge is 2.15. The van der Waals surface area contributed by atoms with Gasteiger partial charge in [-0.1, -0.05) is 38.1 Å². The predicted molar refractivity (Wildman–Crippen MR) is 64.0 cm³/mol. The SMILES string of the molecule is CC(C)c1ccc(C(CN)C(C)O)cc1. The number of aliphatic hydroxyl groups excluding tert-OH is 1. The van der Waals surface area contributed by atoms with Gasteiger partial charge in [0.15, 0.2) is 0 Å². The van der Waals surface area contributed by atoms with Crippen molar-refractivity contribution in [1.82, 2.24) is 0 Å². The van der Waals surface area contributed by atoms with Crippen molar-refractivity contribution in [2.45, 2.75) is 38.7 Å². The van der Waals surface area contributed by atoms with Crippen molar-refractivity contribution in [3.8, 4) is 0 Å². The Morgan fingerprint density at radius 3 is 1.87 bits per heavy atom. The zero-order valence-electron chi connectivity index (χ0n) is 9.77. The van der Waals surface area contributed by atoms with Crippen LogP contribution in [0.1, 0.15) is 43.7 Å². The Kier molecular flexibility index (Phi) is 4.30. The van der Waals surface area contributed by atoms with Crippen molar-refractivity contribution >= 4 is 0 Å². The molecule has 0 fully saturated rings. The smallest absolute Gasteiger partial charge is 0.0592 e. The molecule has 0 radical (unpaired) electrons. The van der Waals surface area contributed by atoms with Crippen molar-refractivity contribution < 1.29 is 5.11 Å². The third-order valence-electron chi connectivity index (χ3n) is 2.87. The van der Waals surface area contributed by atoms with Gasteiger partial charge in [-0.25, -0.2) is 0 Å². The minimum Gasteiger partial charge on any atom is -0.393 e. The minimum absolute atomic E-state index is 0.0474. The highest BCUT2D eigenvalue weighted by atomic mass is 16.3. The zero-order valence-corrected chi connectivity index (χ0v) is 9.77. The molecule has 2 atom stereocenters. The van der Waals surface area contributed by atoms with Crippen LogP contribution in [0.3, 0.4) is 0 Å². The molecule has 0 aromatic heterocycles. The second kappa shape index (κ2) is 5.29. The second-order valence-electron chi connectivity index (χ2n) is 4.40. The summed E-state index contributed by atoms with van der Waals surface area (Å²) < 4.78 is 0. The molecule has 0 heterocycles. The first-order valence-electron chi connectivity index (χ1n) is 5.54. The maximum Gasteiger partial charge on any atom is 0.0592 e. The molecule has 0 spiro atoms. The summed E-state index contributed by atoms with van der Waals surface area (Å²) in [5.74, 6) is 0.591. The molecule has 1 aromatic rings. The van der Waals surface area contributed by atoms with E-state index in [0.717, 1.165) is 5.56 Å². The van der Waals surface area contributed by atoms with Crippen LogP contribution >= 0.6 is 0 Å². The van der Waals surface area contributed by atoms with E-state index in [9.17, 15) is 5.11 Å². The van der Waals surface area contributed by atoms with E-state index < -0.39 is 0 Å². The van der Waals surface area contributed by atoms with Gasteiger partial charge in [0.1, 0.15) is 0 Å². The number of aliphatic hydroxyl groups is 1. The lowest BCUT2D eigenvalue weighted by molar-refractivity contribution is 0.164. The van der Waals surface area contributed by atoms with Gasteiger partial charge in [0, 0.05) is 12.5 Å². The first kappa shape index (κ1) is 12.2. The lowest BCUT2D eigenvalue weighted by atomic mass is 9.92. The summed E-state index contributed by atoms with van der Waals surface area (Å²) in [6.07, 6.45) is -0.389. The summed E-state index contributed by atoms with van der Waals surface area (Å²) in [7, 11) is 0. The summed E-state index contributed by atoms with van der Waals surface area (Å²) in [6.45, 7) is 6.61. The third-order valence-corrected chi connectivity index (χ3v) is 2.87. The molecule has 1 rings (SSSR count). The second-order valence-corrected chi connectivity index (χ2v) is 4.40. The zero-order chi connectivity index (χ0) is 11.4. The maximum atomic E-state index is 9.56. The van der Waals surface area contributed by atoms with Crippen LogP contribution in [0.5, 0.6) is 0 Å². The fourth-order valence-corrected chi connectivity index (χ4v) is 1.74. The first-order valence-corrected chi connectivity index (χ1v) is 5.54. The Balaban J connectivity index is 2.87. The van der Waals surface area contributed by atoms with Gasteiger partial charge in [0.05, 0.1) is 6.10 Å². The number of rotatable bonds is 4. The molecule has 2 unspecified atom stereocenters. The Bertz CT molecular complexity index is 290. The summed E-state index contributed by atoms with van der Waals surface area (Å²) in [4.78, 5) is 0. The van der Waals surface area contributed by atoms with E-state index >= 15 is 0 Å². The fraction of sp³-hybridized carbons (Fsp3) is 0.538. The van der Waals surface area contributed by atoms with Crippen LogP contribution < -0.4 is 5.73 Å². The molecule has 0 saturated heterocycles.